The highest BCUT2D eigenvalue weighted by atomic mass is 32.2. The largest absolute Gasteiger partial charge is 0.303 e. The number of aryl methyl sites for hydroxylation is 1. The van der Waals surface area contributed by atoms with Crippen LogP contribution < -0.4 is 0 Å². The second-order valence-corrected chi connectivity index (χ2v) is 9.23. The number of ketones is 1. The molecule has 0 N–H and O–H groups in total. The van der Waals surface area contributed by atoms with Gasteiger partial charge in [-0.3, -0.25) is 4.79 Å². The molecule has 0 spiro atoms. The maximum atomic E-state index is 12.4. The minimum absolute atomic E-state index is 0.180. The quantitative estimate of drug-likeness (QED) is 0.407. The molecule has 3 aromatic rings. The highest BCUT2D eigenvalue weighted by Crippen LogP contribution is 2.39. The molecule has 1 aliphatic rings. The predicted molar refractivity (Wildman–Crippen MR) is 104 cm³/mol. The maximum absolute atomic E-state index is 12.4. The van der Waals surface area contributed by atoms with Gasteiger partial charge in [0.15, 0.2) is 10.9 Å². The summed E-state index contributed by atoms with van der Waals surface area (Å²) in [5, 5.41) is 11.8. The summed E-state index contributed by atoms with van der Waals surface area (Å²) in [7, 11) is 0. The van der Waals surface area contributed by atoms with Gasteiger partial charge in [-0.1, -0.05) is 24.8 Å². The number of aromatic nitrogens is 3. The molecule has 25 heavy (non-hydrogen) atoms. The minimum Gasteiger partial charge on any atom is -0.303 e. The molecule has 0 aliphatic heterocycles. The zero-order valence-electron chi connectivity index (χ0n) is 14.0. The normalized spacial score (nSPS) is 14.1. The van der Waals surface area contributed by atoms with Gasteiger partial charge in [-0.05, 0) is 42.8 Å². The lowest BCUT2D eigenvalue weighted by Crippen LogP contribution is -2.05. The first-order valence-electron chi connectivity index (χ1n) is 8.45. The van der Waals surface area contributed by atoms with Crippen molar-refractivity contribution in [3.63, 3.8) is 0 Å². The second kappa shape index (κ2) is 7.43. The summed E-state index contributed by atoms with van der Waals surface area (Å²) >= 11 is 4.87. The van der Waals surface area contributed by atoms with Gasteiger partial charge in [-0.15, -0.1) is 32.9 Å². The van der Waals surface area contributed by atoms with Crippen LogP contribution in [-0.2, 0) is 12.8 Å². The molecule has 0 saturated heterocycles. The Labute approximate surface area is 159 Å². The van der Waals surface area contributed by atoms with Crippen LogP contribution in [0.25, 0.3) is 0 Å². The lowest BCUT2D eigenvalue weighted by Gasteiger charge is -2.07. The summed E-state index contributed by atoms with van der Waals surface area (Å²) in [5.41, 5.74) is 0. The van der Waals surface area contributed by atoms with E-state index in [0.29, 0.717) is 11.8 Å². The number of thioether (sulfide) groups is 1. The molecule has 1 fully saturated rings. The fraction of sp³-hybridized carbons (Fsp3) is 0.389. The van der Waals surface area contributed by atoms with Gasteiger partial charge in [0.05, 0.1) is 10.6 Å². The number of carbonyl (C=O) groups excluding carboxylic acids is 1. The minimum atomic E-state index is 0.180. The van der Waals surface area contributed by atoms with Crippen LogP contribution in [0.5, 0.6) is 0 Å². The van der Waals surface area contributed by atoms with Gasteiger partial charge < -0.3 is 4.57 Å². The van der Waals surface area contributed by atoms with E-state index in [2.05, 4.69) is 39.2 Å². The third-order valence-corrected chi connectivity index (χ3v) is 7.27. The molecule has 1 aliphatic carbocycles. The van der Waals surface area contributed by atoms with E-state index in [-0.39, 0.29) is 5.78 Å². The molecule has 0 radical (unpaired) electrons. The van der Waals surface area contributed by atoms with Gasteiger partial charge in [0, 0.05) is 22.2 Å². The van der Waals surface area contributed by atoms with Gasteiger partial charge in [0.2, 0.25) is 0 Å². The molecule has 0 amide bonds. The van der Waals surface area contributed by atoms with Crippen molar-refractivity contribution in [2.24, 2.45) is 0 Å². The topological polar surface area (TPSA) is 47.8 Å². The monoisotopic (exact) mass is 389 g/mol. The van der Waals surface area contributed by atoms with Crippen LogP contribution in [-0.4, -0.2) is 26.3 Å². The fourth-order valence-electron chi connectivity index (χ4n) is 2.71. The number of nitrogens with zero attached hydrogens (tertiary/aromatic N) is 3. The van der Waals surface area contributed by atoms with Gasteiger partial charge in [0.25, 0.3) is 0 Å². The average Bonchev–Trinajstić information content (AvgIpc) is 3.06. The summed E-state index contributed by atoms with van der Waals surface area (Å²) < 4.78 is 2.25. The van der Waals surface area contributed by atoms with Crippen molar-refractivity contribution in [1.82, 2.24) is 14.8 Å². The Morgan fingerprint density at radius 3 is 2.84 bits per heavy atom. The van der Waals surface area contributed by atoms with Crippen LogP contribution in [0.15, 0.2) is 34.8 Å². The van der Waals surface area contributed by atoms with E-state index in [1.165, 1.54) is 34.4 Å². The molecular formula is C18H19N3OS3. The van der Waals surface area contributed by atoms with E-state index in [9.17, 15) is 4.79 Å². The molecule has 3 heterocycles. The molecular weight excluding hydrogens is 370 g/mol. The number of hydrogen-bond acceptors (Lipinski definition) is 6. The van der Waals surface area contributed by atoms with Crippen molar-refractivity contribution in [2.75, 3.05) is 5.75 Å². The van der Waals surface area contributed by atoms with E-state index in [4.69, 9.17) is 0 Å². The lowest BCUT2D eigenvalue weighted by molar-refractivity contribution is 0.102. The molecule has 3 aromatic heterocycles. The zero-order valence-corrected chi connectivity index (χ0v) is 16.4. The van der Waals surface area contributed by atoms with Crippen LogP contribution in [0.3, 0.4) is 0 Å². The first-order valence-corrected chi connectivity index (χ1v) is 11.1. The summed E-state index contributed by atoms with van der Waals surface area (Å²) in [4.78, 5) is 15.8. The molecule has 130 valence electrons. The third-order valence-electron chi connectivity index (χ3n) is 4.18. The number of rotatable bonds is 8. The van der Waals surface area contributed by atoms with Gasteiger partial charge >= 0.3 is 0 Å². The first kappa shape index (κ1) is 17.0. The van der Waals surface area contributed by atoms with Crippen molar-refractivity contribution in [1.29, 1.82) is 0 Å². The van der Waals surface area contributed by atoms with E-state index in [1.807, 2.05) is 12.1 Å². The Morgan fingerprint density at radius 1 is 1.28 bits per heavy atom. The zero-order chi connectivity index (χ0) is 17.2. The Hall–Kier alpha value is -1.44. The molecule has 0 bridgehead atoms. The number of hydrogen-bond donors (Lipinski definition) is 0. The molecule has 0 aromatic carbocycles. The summed E-state index contributed by atoms with van der Waals surface area (Å²) in [5.74, 6) is 1.62. The van der Waals surface area contributed by atoms with Crippen LogP contribution in [0.2, 0.25) is 0 Å². The summed E-state index contributed by atoms with van der Waals surface area (Å²) in [6.45, 7) is 2.11. The van der Waals surface area contributed by atoms with E-state index in [0.717, 1.165) is 28.7 Å². The van der Waals surface area contributed by atoms with Crippen LogP contribution in [0, 0.1) is 0 Å². The van der Waals surface area contributed by atoms with E-state index in [1.54, 1.807) is 22.7 Å². The lowest BCUT2D eigenvalue weighted by atomic mass is 10.3. The van der Waals surface area contributed by atoms with Crippen molar-refractivity contribution in [2.45, 2.75) is 43.8 Å². The second-order valence-electron chi connectivity index (χ2n) is 6.09. The molecule has 1 saturated carbocycles. The van der Waals surface area contributed by atoms with Crippen LogP contribution in [0.1, 0.15) is 51.1 Å². The fourth-order valence-corrected chi connectivity index (χ4v) is 5.30. The Morgan fingerprint density at radius 2 is 2.16 bits per heavy atom. The van der Waals surface area contributed by atoms with Crippen molar-refractivity contribution in [3.05, 3.63) is 50.1 Å². The Kier molecular flexibility index (Phi) is 5.05. The third kappa shape index (κ3) is 3.88. The Balaban J connectivity index is 1.46. The van der Waals surface area contributed by atoms with E-state index >= 15 is 0 Å². The molecule has 0 atom stereocenters. The first-order chi connectivity index (χ1) is 12.2. The average molecular weight is 390 g/mol. The standard InChI is InChI=1S/C18H19N3OS3/c1-2-13-7-8-16(25-13)15(22)11-24-18-20-19-17(21(18)12-5-6-12)10-14-4-3-9-23-14/h3-4,7-9,12H,2,5-6,10-11H2,1H3. The Bertz CT molecular complexity index is 862. The molecule has 7 heteroatoms. The smallest absolute Gasteiger partial charge is 0.191 e. The number of thiophene rings is 2. The maximum Gasteiger partial charge on any atom is 0.191 e. The highest BCUT2D eigenvalue weighted by Gasteiger charge is 2.30. The molecule has 0 unspecified atom stereocenters. The van der Waals surface area contributed by atoms with E-state index < -0.39 is 0 Å². The highest BCUT2D eigenvalue weighted by molar-refractivity contribution is 7.99. The summed E-state index contributed by atoms with van der Waals surface area (Å²) in [6.07, 6.45) is 4.16. The van der Waals surface area contributed by atoms with Crippen LogP contribution in [0.4, 0.5) is 0 Å². The predicted octanol–water partition coefficient (Wildman–Crippen LogP) is 4.86. The van der Waals surface area contributed by atoms with Crippen LogP contribution >= 0.6 is 34.4 Å². The number of Topliss-reactive ketones (excluding diaryl/α,β-unsaturated/α-hetero) is 1. The molecule has 4 nitrogen and oxygen atoms in total. The summed E-state index contributed by atoms with van der Waals surface area (Å²) in [6, 6.07) is 8.71. The van der Waals surface area contributed by atoms with Crippen molar-refractivity contribution < 1.29 is 4.79 Å². The van der Waals surface area contributed by atoms with Gasteiger partial charge in [0.1, 0.15) is 5.82 Å². The van der Waals surface area contributed by atoms with Crippen molar-refractivity contribution in [3.8, 4) is 0 Å². The van der Waals surface area contributed by atoms with Gasteiger partial charge in [-0.25, -0.2) is 0 Å². The SMILES string of the molecule is CCc1ccc(C(=O)CSc2nnc(Cc3cccs3)n2C2CC2)s1. The number of carbonyl (C=O) groups is 1. The van der Waals surface area contributed by atoms with Crippen molar-refractivity contribution >= 4 is 40.2 Å². The molecule has 4 rings (SSSR count). The van der Waals surface area contributed by atoms with Gasteiger partial charge in [-0.2, -0.15) is 0 Å².